The van der Waals surface area contributed by atoms with Gasteiger partial charge in [0.15, 0.2) is 0 Å². The summed E-state index contributed by atoms with van der Waals surface area (Å²) in [5, 5.41) is 6.03. The molecule has 0 heterocycles. The number of carbonyl (C=O) groups excluding carboxylic acids is 1. The van der Waals surface area contributed by atoms with E-state index in [9.17, 15) is 4.79 Å². The van der Waals surface area contributed by atoms with Crippen molar-refractivity contribution >= 4 is 11.6 Å². The third kappa shape index (κ3) is 4.67. The van der Waals surface area contributed by atoms with E-state index in [1.807, 2.05) is 26.1 Å². The topological polar surface area (TPSA) is 41.1 Å². The van der Waals surface area contributed by atoms with Crippen molar-refractivity contribution in [2.24, 2.45) is 5.92 Å². The summed E-state index contributed by atoms with van der Waals surface area (Å²) in [7, 11) is 1.87. The predicted molar refractivity (Wildman–Crippen MR) is 81.5 cm³/mol. The summed E-state index contributed by atoms with van der Waals surface area (Å²) in [6.07, 6.45) is 0.840. The van der Waals surface area contributed by atoms with Crippen LogP contribution in [0.2, 0.25) is 0 Å². The lowest BCUT2D eigenvalue weighted by atomic mass is 9.87. The maximum Gasteiger partial charge on any atom is 0.228 e. The Balaban J connectivity index is 2.70. The first kappa shape index (κ1) is 15.7. The van der Waals surface area contributed by atoms with E-state index < -0.39 is 0 Å². The van der Waals surface area contributed by atoms with Gasteiger partial charge in [-0.05, 0) is 36.6 Å². The molecule has 19 heavy (non-hydrogen) atoms. The fourth-order valence-electron chi connectivity index (χ4n) is 1.97. The second kappa shape index (κ2) is 6.71. The highest BCUT2D eigenvalue weighted by atomic mass is 16.1. The molecule has 0 saturated carbocycles. The largest absolute Gasteiger partial charge is 0.326 e. The number of hydrogen-bond acceptors (Lipinski definition) is 2. The molecule has 1 amide bonds. The van der Waals surface area contributed by atoms with E-state index in [2.05, 4.69) is 43.5 Å². The number of nitrogens with one attached hydrogen (secondary N) is 2. The van der Waals surface area contributed by atoms with Crippen LogP contribution < -0.4 is 10.6 Å². The molecule has 2 N–H and O–H groups in total. The molecule has 0 aliphatic heterocycles. The molecule has 0 aliphatic rings. The Bertz CT molecular complexity index is 404. The van der Waals surface area contributed by atoms with Crippen LogP contribution in [0.4, 0.5) is 5.69 Å². The quantitative estimate of drug-likeness (QED) is 0.855. The molecule has 0 spiro atoms. The molecule has 3 heteroatoms. The van der Waals surface area contributed by atoms with Crippen molar-refractivity contribution in [3.8, 4) is 0 Å². The van der Waals surface area contributed by atoms with Crippen LogP contribution in [0.3, 0.4) is 0 Å². The summed E-state index contributed by atoms with van der Waals surface area (Å²) < 4.78 is 0. The standard InChI is InChI=1S/C16H26N2O/c1-6-12(11-17-5)15(19)18-14-9-7-13(8-10-14)16(2,3)4/h7-10,12,17H,6,11H2,1-5H3,(H,18,19). The highest BCUT2D eigenvalue weighted by Gasteiger charge is 2.16. The minimum absolute atomic E-state index is 0.0206. The lowest BCUT2D eigenvalue weighted by Crippen LogP contribution is -2.30. The third-order valence-electron chi connectivity index (χ3n) is 3.33. The Labute approximate surface area is 116 Å². The zero-order valence-corrected chi connectivity index (χ0v) is 12.7. The summed E-state index contributed by atoms with van der Waals surface area (Å²) >= 11 is 0. The average Bonchev–Trinajstić information content (AvgIpc) is 2.35. The summed E-state index contributed by atoms with van der Waals surface area (Å²) in [5.41, 5.74) is 2.28. The second-order valence-electron chi connectivity index (χ2n) is 5.98. The van der Waals surface area contributed by atoms with Crippen LogP contribution >= 0.6 is 0 Å². The Kier molecular flexibility index (Phi) is 5.55. The third-order valence-corrected chi connectivity index (χ3v) is 3.33. The van der Waals surface area contributed by atoms with Crippen LogP contribution in [-0.2, 0) is 10.2 Å². The Morgan fingerprint density at radius 1 is 1.21 bits per heavy atom. The van der Waals surface area contributed by atoms with Gasteiger partial charge in [0.2, 0.25) is 5.91 Å². The van der Waals surface area contributed by atoms with Gasteiger partial charge in [-0.3, -0.25) is 4.79 Å². The fourth-order valence-corrected chi connectivity index (χ4v) is 1.97. The van der Waals surface area contributed by atoms with Crippen LogP contribution in [0.5, 0.6) is 0 Å². The number of benzene rings is 1. The molecule has 1 unspecified atom stereocenters. The van der Waals surface area contributed by atoms with E-state index in [-0.39, 0.29) is 17.2 Å². The molecule has 0 bridgehead atoms. The van der Waals surface area contributed by atoms with E-state index in [0.29, 0.717) is 6.54 Å². The monoisotopic (exact) mass is 262 g/mol. The molecule has 0 aliphatic carbocycles. The number of hydrogen-bond donors (Lipinski definition) is 2. The minimum Gasteiger partial charge on any atom is -0.326 e. The summed E-state index contributed by atoms with van der Waals surface area (Å²) in [5.74, 6) is 0.104. The average molecular weight is 262 g/mol. The zero-order chi connectivity index (χ0) is 14.5. The molecule has 0 radical (unpaired) electrons. The van der Waals surface area contributed by atoms with Gasteiger partial charge in [0.05, 0.1) is 5.92 Å². The van der Waals surface area contributed by atoms with Crippen molar-refractivity contribution in [1.29, 1.82) is 0 Å². The highest BCUT2D eigenvalue weighted by Crippen LogP contribution is 2.23. The maximum absolute atomic E-state index is 12.1. The van der Waals surface area contributed by atoms with Gasteiger partial charge in [0.1, 0.15) is 0 Å². The Hall–Kier alpha value is -1.35. The van der Waals surface area contributed by atoms with Crippen molar-refractivity contribution < 1.29 is 4.79 Å². The molecular formula is C16H26N2O. The van der Waals surface area contributed by atoms with E-state index in [1.54, 1.807) is 0 Å². The van der Waals surface area contributed by atoms with Gasteiger partial charge < -0.3 is 10.6 Å². The van der Waals surface area contributed by atoms with Crippen molar-refractivity contribution in [3.05, 3.63) is 29.8 Å². The smallest absolute Gasteiger partial charge is 0.228 e. The molecule has 0 aromatic heterocycles. The summed E-state index contributed by atoms with van der Waals surface area (Å²) in [6, 6.07) is 8.11. The number of anilines is 1. The molecule has 106 valence electrons. The van der Waals surface area contributed by atoms with Crippen LogP contribution in [0.25, 0.3) is 0 Å². The molecule has 1 atom stereocenters. The van der Waals surface area contributed by atoms with Gasteiger partial charge in [-0.25, -0.2) is 0 Å². The minimum atomic E-state index is 0.0206. The van der Waals surface area contributed by atoms with Gasteiger partial charge in [0.25, 0.3) is 0 Å². The van der Waals surface area contributed by atoms with Crippen molar-refractivity contribution in [3.63, 3.8) is 0 Å². The van der Waals surface area contributed by atoms with Crippen LogP contribution in [0.15, 0.2) is 24.3 Å². The number of amides is 1. The van der Waals surface area contributed by atoms with Crippen LogP contribution in [-0.4, -0.2) is 19.5 Å². The second-order valence-corrected chi connectivity index (χ2v) is 5.98. The van der Waals surface area contributed by atoms with Gasteiger partial charge >= 0.3 is 0 Å². The lowest BCUT2D eigenvalue weighted by molar-refractivity contribution is -0.119. The maximum atomic E-state index is 12.1. The number of rotatable bonds is 5. The van der Waals surface area contributed by atoms with Gasteiger partial charge in [0, 0.05) is 12.2 Å². The zero-order valence-electron chi connectivity index (χ0n) is 12.7. The van der Waals surface area contributed by atoms with Crippen LogP contribution in [0.1, 0.15) is 39.7 Å². The predicted octanol–water partition coefficient (Wildman–Crippen LogP) is 3.17. The molecular weight excluding hydrogens is 236 g/mol. The van der Waals surface area contributed by atoms with Crippen molar-refractivity contribution in [1.82, 2.24) is 5.32 Å². The molecule has 1 rings (SSSR count). The van der Waals surface area contributed by atoms with E-state index in [4.69, 9.17) is 0 Å². The normalized spacial score (nSPS) is 13.1. The van der Waals surface area contributed by atoms with E-state index >= 15 is 0 Å². The van der Waals surface area contributed by atoms with E-state index in [0.717, 1.165) is 12.1 Å². The Morgan fingerprint density at radius 2 is 1.79 bits per heavy atom. The van der Waals surface area contributed by atoms with Crippen molar-refractivity contribution in [2.75, 3.05) is 18.9 Å². The number of carbonyl (C=O) groups is 1. The van der Waals surface area contributed by atoms with Gasteiger partial charge in [-0.1, -0.05) is 39.8 Å². The van der Waals surface area contributed by atoms with Gasteiger partial charge in [-0.15, -0.1) is 0 Å². The van der Waals surface area contributed by atoms with Gasteiger partial charge in [-0.2, -0.15) is 0 Å². The molecule has 0 saturated heterocycles. The van der Waals surface area contributed by atoms with Crippen molar-refractivity contribution in [2.45, 2.75) is 39.5 Å². The summed E-state index contributed by atoms with van der Waals surface area (Å²) in [6.45, 7) is 9.29. The molecule has 3 nitrogen and oxygen atoms in total. The van der Waals surface area contributed by atoms with Crippen LogP contribution in [0, 0.1) is 5.92 Å². The SMILES string of the molecule is CCC(CNC)C(=O)Nc1ccc(C(C)(C)C)cc1. The van der Waals surface area contributed by atoms with E-state index in [1.165, 1.54) is 5.56 Å². The molecule has 1 aromatic carbocycles. The summed E-state index contributed by atoms with van der Waals surface area (Å²) in [4.78, 5) is 12.1. The Morgan fingerprint density at radius 3 is 2.21 bits per heavy atom. The fraction of sp³-hybridized carbons (Fsp3) is 0.562. The first-order valence-corrected chi connectivity index (χ1v) is 6.94. The molecule has 0 fully saturated rings. The molecule has 1 aromatic rings. The first-order valence-electron chi connectivity index (χ1n) is 6.94. The highest BCUT2D eigenvalue weighted by molar-refractivity contribution is 5.92. The first-order chi connectivity index (χ1) is 8.88. The lowest BCUT2D eigenvalue weighted by Gasteiger charge is -2.20.